The topological polar surface area (TPSA) is 73.4 Å². The van der Waals surface area contributed by atoms with Gasteiger partial charge in [0.2, 0.25) is 17.5 Å². The van der Waals surface area contributed by atoms with E-state index in [0.717, 1.165) is 4.88 Å². The molecule has 0 bridgehead atoms. The van der Waals surface area contributed by atoms with E-state index in [1.807, 2.05) is 28.5 Å². The number of carbonyl (C=O) groups is 1. The van der Waals surface area contributed by atoms with Gasteiger partial charge in [-0.3, -0.25) is 4.79 Å². The van der Waals surface area contributed by atoms with Gasteiger partial charge < -0.3 is 14.2 Å². The number of piperazine rings is 1. The lowest BCUT2D eigenvalue weighted by Crippen LogP contribution is -2.48. The van der Waals surface area contributed by atoms with Gasteiger partial charge in [-0.15, -0.1) is 11.3 Å². The smallest absolute Gasteiger partial charge is 0.253 e. The number of rotatable bonds is 4. The van der Waals surface area contributed by atoms with Gasteiger partial charge in [-0.1, -0.05) is 6.07 Å². The maximum atomic E-state index is 13.1. The van der Waals surface area contributed by atoms with Crippen molar-refractivity contribution in [3.63, 3.8) is 0 Å². The fraction of sp³-hybridized carbons (Fsp3) is 0.190. The number of nitriles is 1. The monoisotopic (exact) mass is 408 g/mol. The Balaban J connectivity index is 1.43. The van der Waals surface area contributed by atoms with Crippen molar-refractivity contribution in [2.24, 2.45) is 0 Å². The summed E-state index contributed by atoms with van der Waals surface area (Å²) in [6.45, 7) is 1.99. The van der Waals surface area contributed by atoms with Crippen LogP contribution >= 0.6 is 11.3 Å². The molecule has 3 aromatic rings. The highest BCUT2D eigenvalue weighted by molar-refractivity contribution is 7.10. The van der Waals surface area contributed by atoms with Gasteiger partial charge in [0, 0.05) is 42.7 Å². The van der Waals surface area contributed by atoms with Crippen molar-refractivity contribution in [2.45, 2.75) is 0 Å². The van der Waals surface area contributed by atoms with E-state index in [-0.39, 0.29) is 17.4 Å². The van der Waals surface area contributed by atoms with Gasteiger partial charge in [0.05, 0.1) is 0 Å². The summed E-state index contributed by atoms with van der Waals surface area (Å²) in [7, 11) is 0. The van der Waals surface area contributed by atoms with Crippen molar-refractivity contribution in [1.82, 2.24) is 9.88 Å². The van der Waals surface area contributed by atoms with E-state index >= 15 is 0 Å². The number of nitrogens with zero attached hydrogens (tertiary/aromatic N) is 4. The van der Waals surface area contributed by atoms with Crippen LogP contribution in [0.2, 0.25) is 0 Å². The molecule has 8 heteroatoms. The fourth-order valence-corrected chi connectivity index (χ4v) is 3.73. The fourth-order valence-electron chi connectivity index (χ4n) is 3.11. The Morgan fingerprint density at radius 3 is 2.59 bits per heavy atom. The van der Waals surface area contributed by atoms with E-state index in [1.54, 1.807) is 22.3 Å². The lowest BCUT2D eigenvalue weighted by Gasteiger charge is -2.34. The van der Waals surface area contributed by atoms with Crippen molar-refractivity contribution in [2.75, 3.05) is 31.1 Å². The number of benzene rings is 1. The third kappa shape index (κ3) is 4.20. The van der Waals surface area contributed by atoms with Crippen LogP contribution in [0.1, 0.15) is 26.8 Å². The van der Waals surface area contributed by atoms with Gasteiger partial charge in [0.15, 0.2) is 0 Å². The van der Waals surface area contributed by atoms with Crippen molar-refractivity contribution in [3.8, 4) is 6.07 Å². The van der Waals surface area contributed by atoms with Crippen LogP contribution in [0.25, 0.3) is 12.2 Å². The van der Waals surface area contributed by atoms with Gasteiger partial charge in [0.1, 0.15) is 11.9 Å². The van der Waals surface area contributed by atoms with Crippen LogP contribution in [0.4, 0.5) is 10.3 Å². The number of hydrogen-bond donors (Lipinski definition) is 0. The summed E-state index contributed by atoms with van der Waals surface area (Å²) in [5, 5.41) is 11.4. The number of oxazole rings is 1. The zero-order valence-electron chi connectivity index (χ0n) is 15.4. The molecule has 29 heavy (non-hydrogen) atoms. The quantitative estimate of drug-likeness (QED) is 0.655. The Hall–Kier alpha value is -3.44. The molecular weight excluding hydrogens is 391 g/mol. The standard InChI is InChI=1S/C21H17FN4O2S/c22-16-5-3-15(4-6-16)20(27)25-9-11-26(12-10-25)21-18(14-23)24-19(28-21)8-7-17-2-1-13-29-17/h1-8,13H,9-12H2/b8-7+. The molecule has 0 spiro atoms. The average Bonchev–Trinajstić information content (AvgIpc) is 3.42. The summed E-state index contributed by atoms with van der Waals surface area (Å²) in [5.41, 5.74) is 0.687. The van der Waals surface area contributed by atoms with Gasteiger partial charge in [-0.25, -0.2) is 4.39 Å². The third-order valence-electron chi connectivity index (χ3n) is 4.61. The molecule has 1 aromatic carbocycles. The molecule has 0 saturated carbocycles. The van der Waals surface area contributed by atoms with Crippen LogP contribution in [0.15, 0.2) is 46.2 Å². The second kappa shape index (κ2) is 8.29. The Morgan fingerprint density at radius 2 is 1.93 bits per heavy atom. The number of thiophene rings is 1. The maximum Gasteiger partial charge on any atom is 0.253 e. The molecule has 1 saturated heterocycles. The molecule has 1 amide bonds. The molecule has 146 valence electrons. The van der Waals surface area contributed by atoms with E-state index in [1.165, 1.54) is 24.3 Å². The molecule has 0 aliphatic carbocycles. The number of halogens is 1. The highest BCUT2D eigenvalue weighted by Crippen LogP contribution is 2.25. The Morgan fingerprint density at radius 1 is 1.17 bits per heavy atom. The summed E-state index contributed by atoms with van der Waals surface area (Å²) in [5.74, 6) is 0.286. The number of amides is 1. The normalized spacial score (nSPS) is 14.3. The molecular formula is C21H17FN4O2S. The molecule has 4 rings (SSSR count). The van der Waals surface area contributed by atoms with Gasteiger partial charge in [-0.2, -0.15) is 10.2 Å². The van der Waals surface area contributed by atoms with E-state index in [2.05, 4.69) is 11.1 Å². The van der Waals surface area contributed by atoms with E-state index < -0.39 is 0 Å². The minimum atomic E-state index is -0.371. The lowest BCUT2D eigenvalue weighted by atomic mass is 10.2. The lowest BCUT2D eigenvalue weighted by molar-refractivity contribution is 0.0745. The number of aromatic nitrogens is 1. The Bertz CT molecular complexity index is 1060. The van der Waals surface area contributed by atoms with Crippen molar-refractivity contribution >= 4 is 35.3 Å². The molecule has 3 heterocycles. The maximum absolute atomic E-state index is 13.1. The molecule has 0 radical (unpaired) electrons. The zero-order valence-corrected chi connectivity index (χ0v) is 16.2. The molecule has 1 aliphatic rings. The first kappa shape index (κ1) is 18.9. The first-order valence-corrected chi connectivity index (χ1v) is 9.94. The van der Waals surface area contributed by atoms with E-state index in [4.69, 9.17) is 4.42 Å². The molecule has 0 atom stereocenters. The first-order chi connectivity index (χ1) is 14.1. The summed E-state index contributed by atoms with van der Waals surface area (Å²) in [6.07, 6.45) is 3.63. The van der Waals surface area contributed by atoms with Crippen molar-refractivity contribution < 1.29 is 13.6 Å². The van der Waals surface area contributed by atoms with Crippen LogP contribution < -0.4 is 4.90 Å². The zero-order chi connectivity index (χ0) is 20.2. The van der Waals surface area contributed by atoms with E-state index in [0.29, 0.717) is 43.5 Å². The van der Waals surface area contributed by atoms with Gasteiger partial charge in [0.25, 0.3) is 5.91 Å². The Kier molecular flexibility index (Phi) is 5.40. The van der Waals surface area contributed by atoms with Gasteiger partial charge >= 0.3 is 0 Å². The van der Waals surface area contributed by atoms with Crippen LogP contribution in [-0.4, -0.2) is 42.0 Å². The largest absolute Gasteiger partial charge is 0.420 e. The molecule has 2 aromatic heterocycles. The average molecular weight is 408 g/mol. The summed E-state index contributed by atoms with van der Waals surface area (Å²) in [6, 6.07) is 11.5. The van der Waals surface area contributed by atoms with Crippen molar-refractivity contribution in [1.29, 1.82) is 5.26 Å². The highest BCUT2D eigenvalue weighted by atomic mass is 32.1. The second-order valence-corrected chi connectivity index (χ2v) is 7.43. The molecule has 1 fully saturated rings. The number of carbonyl (C=O) groups excluding carboxylic acids is 1. The SMILES string of the molecule is N#Cc1nc(/C=C/c2cccs2)oc1N1CCN(C(=O)c2ccc(F)cc2)CC1. The van der Waals surface area contributed by atoms with Crippen LogP contribution in [0.3, 0.4) is 0 Å². The predicted molar refractivity (Wildman–Crippen MR) is 109 cm³/mol. The second-order valence-electron chi connectivity index (χ2n) is 6.45. The molecule has 0 N–H and O–H groups in total. The summed E-state index contributed by atoms with van der Waals surface area (Å²) in [4.78, 5) is 21.5. The van der Waals surface area contributed by atoms with Crippen LogP contribution in [0, 0.1) is 17.1 Å². The number of hydrogen-bond acceptors (Lipinski definition) is 6. The first-order valence-electron chi connectivity index (χ1n) is 9.06. The molecule has 0 unspecified atom stereocenters. The summed E-state index contributed by atoms with van der Waals surface area (Å²) >= 11 is 1.60. The number of anilines is 1. The highest BCUT2D eigenvalue weighted by Gasteiger charge is 2.26. The van der Waals surface area contributed by atoms with Crippen LogP contribution in [0.5, 0.6) is 0 Å². The summed E-state index contributed by atoms with van der Waals surface area (Å²) < 4.78 is 18.9. The van der Waals surface area contributed by atoms with Crippen LogP contribution in [-0.2, 0) is 0 Å². The predicted octanol–water partition coefficient (Wildman–Crippen LogP) is 3.88. The minimum Gasteiger partial charge on any atom is -0.420 e. The van der Waals surface area contributed by atoms with Gasteiger partial charge in [-0.05, 0) is 41.8 Å². The Labute approximate surface area is 171 Å². The molecule has 6 nitrogen and oxygen atoms in total. The third-order valence-corrected chi connectivity index (χ3v) is 5.45. The molecule has 1 aliphatic heterocycles. The van der Waals surface area contributed by atoms with Crippen molar-refractivity contribution in [3.05, 3.63) is 69.6 Å². The minimum absolute atomic E-state index is 0.137. The van der Waals surface area contributed by atoms with E-state index in [9.17, 15) is 14.4 Å².